The predicted molar refractivity (Wildman–Crippen MR) is 62.4 cm³/mol. The molecule has 0 spiro atoms. The Morgan fingerprint density at radius 3 is 2.83 bits per heavy atom. The van der Waals surface area contributed by atoms with Gasteiger partial charge in [0.2, 0.25) is 10.0 Å². The van der Waals surface area contributed by atoms with Gasteiger partial charge in [-0.15, -0.1) is 0 Å². The van der Waals surface area contributed by atoms with Gasteiger partial charge in [-0.05, 0) is 13.0 Å². The zero-order valence-electron chi connectivity index (χ0n) is 9.95. The van der Waals surface area contributed by atoms with E-state index in [1.807, 2.05) is 0 Å². The van der Waals surface area contributed by atoms with Crippen LogP contribution in [0.4, 0.5) is 0 Å². The maximum Gasteiger partial charge on any atom is 0.339 e. The number of nitrogens with one attached hydrogen (secondary N) is 1. The maximum absolute atomic E-state index is 11.9. The molecule has 0 radical (unpaired) electrons. The summed E-state index contributed by atoms with van der Waals surface area (Å²) >= 11 is 0. The Labute approximate surface area is 105 Å². The molecule has 0 aliphatic rings. The summed E-state index contributed by atoms with van der Waals surface area (Å²) in [6, 6.07) is 1.25. The van der Waals surface area contributed by atoms with E-state index < -0.39 is 22.1 Å². The highest BCUT2D eigenvalue weighted by molar-refractivity contribution is 7.89. The molecule has 1 heterocycles. The molecule has 7 nitrogen and oxygen atoms in total. The summed E-state index contributed by atoms with van der Waals surface area (Å²) in [6.45, 7) is 1.28. The zero-order chi connectivity index (χ0) is 13.8. The maximum atomic E-state index is 11.9. The first kappa shape index (κ1) is 14.6. The molecule has 0 saturated carbocycles. The number of sulfonamides is 1. The zero-order valence-corrected chi connectivity index (χ0v) is 10.8. The molecule has 0 saturated heterocycles. The minimum absolute atomic E-state index is 0.106. The van der Waals surface area contributed by atoms with Crippen molar-refractivity contribution in [1.29, 1.82) is 0 Å². The number of nitrogens with zero attached hydrogens (tertiary/aromatic N) is 1. The topological polar surface area (TPSA) is 106 Å². The number of esters is 1. The van der Waals surface area contributed by atoms with E-state index in [4.69, 9.17) is 5.11 Å². The van der Waals surface area contributed by atoms with Crippen molar-refractivity contribution in [3.05, 3.63) is 24.0 Å². The Balaban J connectivity index is 3.12. The molecule has 1 atom stereocenters. The first-order chi connectivity index (χ1) is 8.38. The number of rotatable bonds is 5. The molecule has 2 N–H and O–H groups in total. The van der Waals surface area contributed by atoms with E-state index in [1.54, 1.807) is 0 Å². The highest BCUT2D eigenvalue weighted by Gasteiger charge is 2.23. The molecule has 0 fully saturated rings. The second-order valence-corrected chi connectivity index (χ2v) is 5.30. The number of aromatic nitrogens is 1. The van der Waals surface area contributed by atoms with Crippen LogP contribution >= 0.6 is 0 Å². The molecule has 0 aromatic carbocycles. The number of hydrogen-bond donors (Lipinski definition) is 2. The van der Waals surface area contributed by atoms with E-state index in [-0.39, 0.29) is 17.0 Å². The fraction of sp³-hybridized carbons (Fsp3) is 0.400. The van der Waals surface area contributed by atoms with Gasteiger partial charge in [0.05, 0.1) is 18.8 Å². The van der Waals surface area contributed by atoms with Gasteiger partial charge in [-0.2, -0.15) is 0 Å². The summed E-state index contributed by atoms with van der Waals surface area (Å²) in [5.74, 6) is -0.769. The molecule has 0 aliphatic carbocycles. The minimum atomic E-state index is -3.91. The molecule has 0 unspecified atom stereocenters. The quantitative estimate of drug-likeness (QED) is 0.703. The van der Waals surface area contributed by atoms with E-state index in [9.17, 15) is 13.2 Å². The van der Waals surface area contributed by atoms with Gasteiger partial charge in [0.25, 0.3) is 0 Å². The van der Waals surface area contributed by atoms with Crippen molar-refractivity contribution in [1.82, 2.24) is 9.71 Å². The van der Waals surface area contributed by atoms with Gasteiger partial charge in [-0.1, -0.05) is 0 Å². The van der Waals surface area contributed by atoms with E-state index in [2.05, 4.69) is 14.4 Å². The van der Waals surface area contributed by atoms with Gasteiger partial charge < -0.3 is 9.84 Å². The Morgan fingerprint density at radius 1 is 1.61 bits per heavy atom. The first-order valence-corrected chi connectivity index (χ1v) is 6.57. The van der Waals surface area contributed by atoms with Crippen LogP contribution in [0.15, 0.2) is 23.4 Å². The molecule has 1 aromatic heterocycles. The molecule has 100 valence electrons. The highest BCUT2D eigenvalue weighted by atomic mass is 32.2. The van der Waals surface area contributed by atoms with Crippen molar-refractivity contribution in [2.75, 3.05) is 13.7 Å². The highest BCUT2D eigenvalue weighted by Crippen LogP contribution is 2.14. The number of hydrogen-bond acceptors (Lipinski definition) is 6. The van der Waals surface area contributed by atoms with Crippen LogP contribution in [-0.4, -0.2) is 44.2 Å². The van der Waals surface area contributed by atoms with Crippen molar-refractivity contribution in [2.24, 2.45) is 0 Å². The van der Waals surface area contributed by atoms with E-state index in [0.717, 1.165) is 13.3 Å². The van der Waals surface area contributed by atoms with Crippen LogP contribution in [0.3, 0.4) is 0 Å². The van der Waals surface area contributed by atoms with Gasteiger partial charge >= 0.3 is 5.97 Å². The summed E-state index contributed by atoms with van der Waals surface area (Å²) in [7, 11) is -2.76. The second-order valence-electron chi connectivity index (χ2n) is 3.56. The van der Waals surface area contributed by atoms with Crippen molar-refractivity contribution in [3.63, 3.8) is 0 Å². The Kier molecular flexibility index (Phi) is 4.76. The lowest BCUT2D eigenvalue weighted by atomic mass is 10.3. The number of aliphatic hydroxyl groups excluding tert-OH is 1. The van der Waals surface area contributed by atoms with Gasteiger partial charge in [-0.3, -0.25) is 4.98 Å². The first-order valence-electron chi connectivity index (χ1n) is 5.08. The van der Waals surface area contributed by atoms with Crippen molar-refractivity contribution < 1.29 is 23.1 Å². The number of carbonyl (C=O) groups is 1. The van der Waals surface area contributed by atoms with Crippen LogP contribution in [0.5, 0.6) is 0 Å². The molecular weight excluding hydrogens is 260 g/mol. The van der Waals surface area contributed by atoms with Crippen LogP contribution in [0.25, 0.3) is 0 Å². The van der Waals surface area contributed by atoms with Gasteiger partial charge in [0.15, 0.2) is 0 Å². The van der Waals surface area contributed by atoms with Gasteiger partial charge in [-0.25, -0.2) is 17.9 Å². The lowest BCUT2D eigenvalue weighted by Gasteiger charge is -2.10. The fourth-order valence-corrected chi connectivity index (χ4v) is 2.44. The van der Waals surface area contributed by atoms with E-state index >= 15 is 0 Å². The monoisotopic (exact) mass is 274 g/mol. The van der Waals surface area contributed by atoms with E-state index in [1.165, 1.54) is 19.2 Å². The van der Waals surface area contributed by atoms with Crippen molar-refractivity contribution >= 4 is 16.0 Å². The Hall–Kier alpha value is -1.51. The molecule has 0 amide bonds. The molecule has 0 bridgehead atoms. The molecule has 18 heavy (non-hydrogen) atoms. The van der Waals surface area contributed by atoms with Crippen molar-refractivity contribution in [2.45, 2.75) is 17.9 Å². The largest absolute Gasteiger partial charge is 0.465 e. The Bertz CT molecular complexity index is 527. The SMILES string of the molecule is COC(=O)c1ccncc1S(=O)(=O)NC[C@@H](C)O. The number of methoxy groups -OCH3 is 1. The molecular formula is C10H14N2O5S. The van der Waals surface area contributed by atoms with Crippen LogP contribution < -0.4 is 4.72 Å². The normalized spacial score (nSPS) is 13.1. The summed E-state index contributed by atoms with van der Waals surface area (Å²) in [4.78, 5) is 14.8. The van der Waals surface area contributed by atoms with Crippen LogP contribution in [-0.2, 0) is 14.8 Å². The smallest absolute Gasteiger partial charge is 0.339 e. The van der Waals surface area contributed by atoms with Crippen LogP contribution in [0.1, 0.15) is 17.3 Å². The third kappa shape index (κ3) is 3.49. The van der Waals surface area contributed by atoms with Crippen LogP contribution in [0.2, 0.25) is 0 Å². The Morgan fingerprint density at radius 2 is 2.28 bits per heavy atom. The predicted octanol–water partition coefficient (Wildman–Crippen LogP) is -0.473. The molecule has 0 aliphatic heterocycles. The average molecular weight is 274 g/mol. The molecule has 1 aromatic rings. The summed E-state index contributed by atoms with van der Waals surface area (Å²) < 4.78 is 30.5. The summed E-state index contributed by atoms with van der Waals surface area (Å²) in [6.07, 6.45) is 1.51. The van der Waals surface area contributed by atoms with E-state index in [0.29, 0.717) is 0 Å². The number of ether oxygens (including phenoxy) is 1. The third-order valence-electron chi connectivity index (χ3n) is 2.05. The molecule has 8 heteroatoms. The average Bonchev–Trinajstić information content (AvgIpc) is 2.35. The summed E-state index contributed by atoms with van der Waals surface area (Å²) in [5.41, 5.74) is -0.106. The standard InChI is InChI=1S/C10H14N2O5S/c1-7(13)5-12-18(15,16)9-6-11-4-3-8(9)10(14)17-2/h3-4,6-7,12-13H,5H2,1-2H3/t7-/m1/s1. The minimum Gasteiger partial charge on any atom is -0.465 e. The van der Waals surface area contributed by atoms with Gasteiger partial charge in [0.1, 0.15) is 4.90 Å². The second kappa shape index (κ2) is 5.89. The van der Waals surface area contributed by atoms with Gasteiger partial charge in [0, 0.05) is 18.9 Å². The lowest BCUT2D eigenvalue weighted by Crippen LogP contribution is -2.31. The number of pyridine rings is 1. The summed E-state index contributed by atoms with van der Waals surface area (Å²) in [5, 5.41) is 9.05. The van der Waals surface area contributed by atoms with Crippen molar-refractivity contribution in [3.8, 4) is 0 Å². The number of aliphatic hydroxyl groups is 1. The third-order valence-corrected chi connectivity index (χ3v) is 3.50. The molecule has 1 rings (SSSR count). The fourth-order valence-electron chi connectivity index (χ4n) is 1.18. The number of carbonyl (C=O) groups excluding carboxylic acids is 1. The van der Waals surface area contributed by atoms with Crippen LogP contribution in [0, 0.1) is 0 Å². The lowest BCUT2D eigenvalue weighted by molar-refractivity contribution is 0.0596.